The van der Waals surface area contributed by atoms with Gasteiger partial charge in [0.1, 0.15) is 12.4 Å². The van der Waals surface area contributed by atoms with Crippen LogP contribution in [0.25, 0.3) is 0 Å². The van der Waals surface area contributed by atoms with Crippen molar-refractivity contribution in [2.45, 2.75) is 39.7 Å². The zero-order chi connectivity index (χ0) is 14.9. The van der Waals surface area contributed by atoms with E-state index < -0.39 is 0 Å². The van der Waals surface area contributed by atoms with Crippen LogP contribution in [-0.4, -0.2) is 37.7 Å². The lowest BCUT2D eigenvalue weighted by Crippen LogP contribution is -2.35. The van der Waals surface area contributed by atoms with Gasteiger partial charge in [0.15, 0.2) is 0 Å². The molecule has 0 radical (unpaired) electrons. The number of likely N-dealkylation sites (N-methyl/N-ethyl adjacent to an activating group) is 1. The van der Waals surface area contributed by atoms with Gasteiger partial charge >= 0.3 is 0 Å². The summed E-state index contributed by atoms with van der Waals surface area (Å²) in [6.07, 6.45) is 4.27. The van der Waals surface area contributed by atoms with Crippen molar-refractivity contribution in [1.82, 2.24) is 10.2 Å². The lowest BCUT2D eigenvalue weighted by Gasteiger charge is -2.31. The highest BCUT2D eigenvalue weighted by molar-refractivity contribution is 5.27. The first-order valence-electron chi connectivity index (χ1n) is 8.46. The van der Waals surface area contributed by atoms with Gasteiger partial charge in [-0.3, -0.25) is 4.90 Å². The summed E-state index contributed by atoms with van der Waals surface area (Å²) in [5.41, 5.74) is 1.31. The van der Waals surface area contributed by atoms with Gasteiger partial charge in [-0.25, -0.2) is 0 Å². The Balaban J connectivity index is 1.66. The van der Waals surface area contributed by atoms with Crippen molar-refractivity contribution in [1.29, 1.82) is 0 Å². The van der Waals surface area contributed by atoms with Crippen LogP contribution in [0.3, 0.4) is 0 Å². The Morgan fingerprint density at radius 2 is 1.95 bits per heavy atom. The Kier molecular flexibility index (Phi) is 7.04. The summed E-state index contributed by atoms with van der Waals surface area (Å²) < 4.78 is 5.87. The Morgan fingerprint density at radius 3 is 2.52 bits per heavy atom. The van der Waals surface area contributed by atoms with Crippen LogP contribution < -0.4 is 10.1 Å². The SMILES string of the molecule is CCNCc1ccc(OCCN(CC)CC2CCC2)cc1. The lowest BCUT2D eigenvalue weighted by atomic mass is 9.85. The van der Waals surface area contributed by atoms with Crippen molar-refractivity contribution >= 4 is 0 Å². The lowest BCUT2D eigenvalue weighted by molar-refractivity contribution is 0.158. The molecule has 0 amide bonds. The van der Waals surface area contributed by atoms with Crippen molar-refractivity contribution in [2.75, 3.05) is 32.8 Å². The van der Waals surface area contributed by atoms with Gasteiger partial charge in [-0.1, -0.05) is 32.4 Å². The Bertz CT molecular complexity index is 387. The van der Waals surface area contributed by atoms with Crippen LogP contribution in [0, 0.1) is 5.92 Å². The van der Waals surface area contributed by atoms with E-state index in [-0.39, 0.29) is 0 Å². The molecule has 0 spiro atoms. The monoisotopic (exact) mass is 290 g/mol. The van der Waals surface area contributed by atoms with Gasteiger partial charge in [0.2, 0.25) is 0 Å². The van der Waals surface area contributed by atoms with E-state index in [2.05, 4.69) is 48.3 Å². The Hall–Kier alpha value is -1.06. The molecule has 3 heteroatoms. The minimum Gasteiger partial charge on any atom is -0.492 e. The van der Waals surface area contributed by atoms with Crippen molar-refractivity contribution in [2.24, 2.45) is 5.92 Å². The highest BCUT2D eigenvalue weighted by Crippen LogP contribution is 2.26. The Morgan fingerprint density at radius 1 is 1.19 bits per heavy atom. The van der Waals surface area contributed by atoms with E-state index in [1.54, 1.807) is 0 Å². The third-order valence-corrected chi connectivity index (χ3v) is 4.37. The molecule has 0 aromatic heterocycles. The molecule has 1 fully saturated rings. The summed E-state index contributed by atoms with van der Waals surface area (Å²) in [6.45, 7) is 10.5. The maximum atomic E-state index is 5.87. The van der Waals surface area contributed by atoms with Gasteiger partial charge in [0, 0.05) is 19.6 Å². The molecule has 21 heavy (non-hydrogen) atoms. The summed E-state index contributed by atoms with van der Waals surface area (Å²) in [4.78, 5) is 2.52. The highest BCUT2D eigenvalue weighted by atomic mass is 16.5. The zero-order valence-corrected chi connectivity index (χ0v) is 13.6. The number of hydrogen-bond donors (Lipinski definition) is 1. The molecule has 3 nitrogen and oxygen atoms in total. The van der Waals surface area contributed by atoms with Crippen molar-refractivity contribution in [3.8, 4) is 5.75 Å². The first kappa shape index (κ1) is 16.3. The maximum Gasteiger partial charge on any atom is 0.119 e. The maximum absolute atomic E-state index is 5.87. The number of benzene rings is 1. The zero-order valence-electron chi connectivity index (χ0n) is 13.6. The molecular weight excluding hydrogens is 260 g/mol. The van der Waals surface area contributed by atoms with Crippen LogP contribution >= 0.6 is 0 Å². The molecular formula is C18H30N2O. The smallest absolute Gasteiger partial charge is 0.119 e. The van der Waals surface area contributed by atoms with Crippen LogP contribution in [0.15, 0.2) is 24.3 Å². The second kappa shape index (κ2) is 9.06. The minimum absolute atomic E-state index is 0.785. The minimum atomic E-state index is 0.785. The van der Waals surface area contributed by atoms with E-state index in [1.165, 1.54) is 31.4 Å². The molecule has 0 unspecified atom stereocenters. The van der Waals surface area contributed by atoms with Crippen molar-refractivity contribution in [3.63, 3.8) is 0 Å². The third kappa shape index (κ3) is 5.68. The second-order valence-corrected chi connectivity index (χ2v) is 5.96. The molecule has 0 saturated heterocycles. The number of hydrogen-bond acceptors (Lipinski definition) is 3. The van der Waals surface area contributed by atoms with Gasteiger partial charge in [-0.2, -0.15) is 0 Å². The van der Waals surface area contributed by atoms with E-state index in [1.807, 2.05) is 0 Å². The molecule has 1 N–H and O–H groups in total. The van der Waals surface area contributed by atoms with Crippen LogP contribution in [-0.2, 0) is 6.54 Å². The van der Waals surface area contributed by atoms with E-state index >= 15 is 0 Å². The molecule has 1 aliphatic carbocycles. The Labute approximate surface area is 129 Å². The average molecular weight is 290 g/mol. The molecule has 0 aliphatic heterocycles. The molecule has 0 atom stereocenters. The van der Waals surface area contributed by atoms with Crippen LogP contribution in [0.2, 0.25) is 0 Å². The van der Waals surface area contributed by atoms with Gasteiger partial charge in [0.25, 0.3) is 0 Å². The molecule has 1 aliphatic rings. The standard InChI is InChI=1S/C18H30N2O/c1-3-19-14-16-8-10-18(11-9-16)21-13-12-20(4-2)15-17-6-5-7-17/h8-11,17,19H,3-7,12-15H2,1-2H3. The molecule has 0 heterocycles. The van der Waals surface area contributed by atoms with Gasteiger partial charge in [-0.05, 0) is 49.5 Å². The molecule has 0 bridgehead atoms. The summed E-state index contributed by atoms with van der Waals surface area (Å²) in [7, 11) is 0. The van der Waals surface area contributed by atoms with E-state index in [0.717, 1.165) is 44.5 Å². The van der Waals surface area contributed by atoms with E-state index in [4.69, 9.17) is 4.74 Å². The molecule has 1 aromatic rings. The number of nitrogens with one attached hydrogen (secondary N) is 1. The van der Waals surface area contributed by atoms with Crippen LogP contribution in [0.5, 0.6) is 5.75 Å². The predicted octanol–water partition coefficient (Wildman–Crippen LogP) is 3.30. The second-order valence-electron chi connectivity index (χ2n) is 5.96. The highest BCUT2D eigenvalue weighted by Gasteiger charge is 2.19. The van der Waals surface area contributed by atoms with E-state index in [9.17, 15) is 0 Å². The fraction of sp³-hybridized carbons (Fsp3) is 0.667. The van der Waals surface area contributed by atoms with Gasteiger partial charge < -0.3 is 10.1 Å². The largest absolute Gasteiger partial charge is 0.492 e. The summed E-state index contributed by atoms with van der Waals surface area (Å²) >= 11 is 0. The molecule has 2 rings (SSSR count). The van der Waals surface area contributed by atoms with E-state index in [0.29, 0.717) is 0 Å². The van der Waals surface area contributed by atoms with Crippen LogP contribution in [0.1, 0.15) is 38.7 Å². The van der Waals surface area contributed by atoms with Crippen molar-refractivity contribution in [3.05, 3.63) is 29.8 Å². The van der Waals surface area contributed by atoms with Crippen molar-refractivity contribution < 1.29 is 4.74 Å². The average Bonchev–Trinajstić information content (AvgIpc) is 2.48. The quantitative estimate of drug-likeness (QED) is 0.715. The number of nitrogens with zero attached hydrogens (tertiary/aromatic N) is 1. The summed E-state index contributed by atoms with van der Waals surface area (Å²) in [5, 5.41) is 3.33. The summed E-state index contributed by atoms with van der Waals surface area (Å²) in [6, 6.07) is 8.44. The normalized spacial score (nSPS) is 15.2. The van der Waals surface area contributed by atoms with Gasteiger partial charge in [-0.15, -0.1) is 0 Å². The molecule has 1 saturated carbocycles. The van der Waals surface area contributed by atoms with Gasteiger partial charge in [0.05, 0.1) is 0 Å². The first-order chi connectivity index (χ1) is 10.3. The summed E-state index contributed by atoms with van der Waals surface area (Å²) in [5.74, 6) is 1.92. The number of rotatable bonds is 10. The fourth-order valence-electron chi connectivity index (χ4n) is 2.68. The third-order valence-electron chi connectivity index (χ3n) is 4.37. The molecule has 1 aromatic carbocycles. The van der Waals surface area contributed by atoms with Crippen LogP contribution in [0.4, 0.5) is 0 Å². The topological polar surface area (TPSA) is 24.5 Å². The molecule has 118 valence electrons. The first-order valence-corrected chi connectivity index (χ1v) is 8.46. The predicted molar refractivity (Wildman–Crippen MR) is 88.8 cm³/mol. The fourth-order valence-corrected chi connectivity index (χ4v) is 2.68. The number of ether oxygens (including phenoxy) is 1.